The van der Waals surface area contributed by atoms with Crippen LogP contribution in [0.3, 0.4) is 0 Å². The van der Waals surface area contributed by atoms with Crippen LogP contribution in [-0.2, 0) is 10.0 Å². The van der Waals surface area contributed by atoms with Crippen LogP contribution < -0.4 is 10.5 Å². The maximum atomic E-state index is 10.7. The van der Waals surface area contributed by atoms with Gasteiger partial charge < -0.3 is 5.32 Å². The monoisotopic (exact) mass is 234 g/mol. The van der Waals surface area contributed by atoms with Crippen molar-refractivity contribution in [1.29, 1.82) is 0 Å². The minimum absolute atomic E-state index is 0.0352. The fourth-order valence-electron chi connectivity index (χ4n) is 2.14. The Balaban J connectivity index is 2.23. The molecule has 0 aromatic carbocycles. The highest BCUT2D eigenvalue weighted by Crippen LogP contribution is 2.29. The summed E-state index contributed by atoms with van der Waals surface area (Å²) >= 11 is 0. The van der Waals surface area contributed by atoms with Crippen LogP contribution in [0.5, 0.6) is 0 Å². The molecule has 4 nitrogen and oxygen atoms in total. The molecule has 0 aromatic rings. The van der Waals surface area contributed by atoms with Crippen molar-refractivity contribution in [1.82, 2.24) is 5.32 Å². The summed E-state index contributed by atoms with van der Waals surface area (Å²) in [7, 11) is -3.31. The number of rotatable bonds is 4. The third kappa shape index (κ3) is 4.95. The first kappa shape index (κ1) is 12.9. The van der Waals surface area contributed by atoms with Gasteiger partial charge in [0.1, 0.15) is 0 Å². The van der Waals surface area contributed by atoms with Gasteiger partial charge in [-0.3, -0.25) is 0 Å². The fraction of sp³-hybridized carbons (Fsp3) is 1.00. The summed E-state index contributed by atoms with van der Waals surface area (Å²) in [6.07, 6.45) is 3.52. The van der Waals surface area contributed by atoms with Gasteiger partial charge in [-0.1, -0.05) is 13.8 Å². The smallest absolute Gasteiger partial charge is 0.210 e. The summed E-state index contributed by atoms with van der Waals surface area (Å²) in [6.45, 7) is 5.02. The third-order valence-electron chi connectivity index (χ3n) is 3.42. The fourth-order valence-corrected chi connectivity index (χ4v) is 2.54. The van der Waals surface area contributed by atoms with Gasteiger partial charge in [0.15, 0.2) is 0 Å². The summed E-state index contributed by atoms with van der Waals surface area (Å²) in [5, 5.41) is 8.20. The minimum atomic E-state index is -3.31. The molecule has 5 heteroatoms. The topological polar surface area (TPSA) is 72.2 Å². The van der Waals surface area contributed by atoms with Crippen LogP contribution in [0.4, 0.5) is 0 Å². The molecule has 1 aliphatic carbocycles. The maximum absolute atomic E-state index is 10.7. The Morgan fingerprint density at radius 2 is 1.93 bits per heavy atom. The van der Waals surface area contributed by atoms with Crippen LogP contribution >= 0.6 is 0 Å². The Hall–Kier alpha value is -0.130. The molecular formula is C10H22N2O2S. The van der Waals surface area contributed by atoms with Crippen molar-refractivity contribution < 1.29 is 8.42 Å². The van der Waals surface area contributed by atoms with E-state index in [2.05, 4.69) is 19.2 Å². The number of sulfonamides is 1. The van der Waals surface area contributed by atoms with Crippen LogP contribution in [0.15, 0.2) is 0 Å². The molecule has 0 heterocycles. The second kappa shape index (κ2) is 5.27. The van der Waals surface area contributed by atoms with Crippen LogP contribution in [0, 0.1) is 11.8 Å². The van der Waals surface area contributed by atoms with Crippen LogP contribution in [-0.4, -0.2) is 26.8 Å². The van der Waals surface area contributed by atoms with Crippen molar-refractivity contribution in [2.45, 2.75) is 39.2 Å². The Morgan fingerprint density at radius 3 is 2.47 bits per heavy atom. The van der Waals surface area contributed by atoms with Crippen LogP contribution in [0.25, 0.3) is 0 Å². The zero-order valence-corrected chi connectivity index (χ0v) is 10.4. The second-order valence-corrected chi connectivity index (χ2v) is 6.52. The average molecular weight is 234 g/mol. The average Bonchev–Trinajstić information content (AvgIpc) is 2.09. The van der Waals surface area contributed by atoms with E-state index < -0.39 is 10.0 Å². The lowest BCUT2D eigenvalue weighted by molar-refractivity contribution is 0.228. The number of nitrogens with two attached hydrogens (primary N) is 1. The van der Waals surface area contributed by atoms with Crippen molar-refractivity contribution in [3.8, 4) is 0 Å². The number of primary sulfonamides is 1. The molecule has 3 atom stereocenters. The summed E-state index contributed by atoms with van der Waals surface area (Å²) in [5.74, 6) is 1.56. The van der Waals surface area contributed by atoms with Gasteiger partial charge in [-0.15, -0.1) is 0 Å². The molecule has 1 saturated carbocycles. The van der Waals surface area contributed by atoms with E-state index in [1.54, 1.807) is 0 Å². The van der Waals surface area contributed by atoms with Gasteiger partial charge in [0.25, 0.3) is 0 Å². The van der Waals surface area contributed by atoms with E-state index in [0.29, 0.717) is 12.6 Å². The molecule has 0 amide bonds. The van der Waals surface area contributed by atoms with Gasteiger partial charge in [0, 0.05) is 12.6 Å². The first-order chi connectivity index (χ1) is 6.88. The van der Waals surface area contributed by atoms with E-state index in [-0.39, 0.29) is 5.75 Å². The molecule has 0 aromatic heterocycles. The first-order valence-corrected chi connectivity index (χ1v) is 7.34. The largest absolute Gasteiger partial charge is 0.313 e. The second-order valence-electron chi connectivity index (χ2n) is 4.79. The zero-order valence-electron chi connectivity index (χ0n) is 9.57. The van der Waals surface area contributed by atoms with Crippen molar-refractivity contribution in [2.24, 2.45) is 17.0 Å². The van der Waals surface area contributed by atoms with E-state index in [9.17, 15) is 8.42 Å². The molecule has 90 valence electrons. The molecule has 0 bridgehead atoms. The predicted molar refractivity (Wildman–Crippen MR) is 61.9 cm³/mol. The number of hydrogen-bond donors (Lipinski definition) is 2. The first-order valence-electron chi connectivity index (χ1n) is 5.62. The molecule has 0 radical (unpaired) electrons. The molecule has 1 aliphatic rings. The van der Waals surface area contributed by atoms with E-state index in [1.165, 1.54) is 6.42 Å². The Morgan fingerprint density at radius 1 is 1.27 bits per heavy atom. The van der Waals surface area contributed by atoms with Crippen LogP contribution in [0.2, 0.25) is 0 Å². The molecule has 3 N–H and O–H groups in total. The normalized spacial score (nSPS) is 32.9. The van der Waals surface area contributed by atoms with E-state index in [4.69, 9.17) is 5.14 Å². The van der Waals surface area contributed by atoms with Gasteiger partial charge in [0.05, 0.1) is 5.75 Å². The summed E-state index contributed by atoms with van der Waals surface area (Å²) < 4.78 is 21.5. The molecule has 1 rings (SSSR count). The van der Waals surface area contributed by atoms with Crippen molar-refractivity contribution in [3.05, 3.63) is 0 Å². The SMILES string of the molecule is CC1CCC(NCCS(N)(=O)=O)CC1C. The third-order valence-corrected chi connectivity index (χ3v) is 4.19. The number of nitrogens with one attached hydrogen (secondary N) is 1. The Bertz CT molecular complexity index is 290. The van der Waals surface area contributed by atoms with E-state index >= 15 is 0 Å². The standard InChI is InChI=1S/C10H22N2O2S/c1-8-3-4-10(7-9(8)2)12-5-6-15(11,13)14/h8-10,12H,3-7H2,1-2H3,(H2,11,13,14). The molecule has 0 saturated heterocycles. The predicted octanol–water partition coefficient (Wildman–Crippen LogP) is 0.689. The molecule has 0 aliphatic heterocycles. The molecule has 0 spiro atoms. The molecule has 3 unspecified atom stereocenters. The molecule has 1 fully saturated rings. The lowest BCUT2D eigenvalue weighted by Crippen LogP contribution is -2.39. The van der Waals surface area contributed by atoms with Gasteiger partial charge in [-0.25, -0.2) is 13.6 Å². The quantitative estimate of drug-likeness (QED) is 0.751. The Kier molecular flexibility index (Phi) is 4.55. The minimum Gasteiger partial charge on any atom is -0.313 e. The van der Waals surface area contributed by atoms with Crippen molar-refractivity contribution >= 4 is 10.0 Å². The zero-order chi connectivity index (χ0) is 11.5. The lowest BCUT2D eigenvalue weighted by atomic mass is 9.79. The van der Waals surface area contributed by atoms with Gasteiger partial charge in [-0.05, 0) is 31.1 Å². The van der Waals surface area contributed by atoms with E-state index in [1.807, 2.05) is 0 Å². The molecule has 15 heavy (non-hydrogen) atoms. The van der Waals surface area contributed by atoms with E-state index in [0.717, 1.165) is 24.7 Å². The summed E-state index contributed by atoms with van der Waals surface area (Å²) in [5.41, 5.74) is 0. The summed E-state index contributed by atoms with van der Waals surface area (Å²) in [6, 6.07) is 0.470. The highest BCUT2D eigenvalue weighted by molar-refractivity contribution is 7.89. The Labute approximate surface area is 92.7 Å². The van der Waals surface area contributed by atoms with Crippen molar-refractivity contribution in [2.75, 3.05) is 12.3 Å². The van der Waals surface area contributed by atoms with Gasteiger partial charge in [0.2, 0.25) is 10.0 Å². The number of hydrogen-bond acceptors (Lipinski definition) is 3. The van der Waals surface area contributed by atoms with Gasteiger partial charge in [-0.2, -0.15) is 0 Å². The van der Waals surface area contributed by atoms with Crippen molar-refractivity contribution in [3.63, 3.8) is 0 Å². The highest BCUT2D eigenvalue weighted by atomic mass is 32.2. The van der Waals surface area contributed by atoms with Gasteiger partial charge >= 0.3 is 0 Å². The maximum Gasteiger partial charge on any atom is 0.210 e. The summed E-state index contributed by atoms with van der Waals surface area (Å²) in [4.78, 5) is 0. The van der Waals surface area contributed by atoms with Crippen LogP contribution in [0.1, 0.15) is 33.1 Å². The molecular weight excluding hydrogens is 212 g/mol. The highest BCUT2D eigenvalue weighted by Gasteiger charge is 2.23. The lowest BCUT2D eigenvalue weighted by Gasteiger charge is -2.32.